The average molecular weight is 387 g/mol. The van der Waals surface area contributed by atoms with Crippen LogP contribution in [0.2, 0.25) is 0 Å². The van der Waals surface area contributed by atoms with Gasteiger partial charge in [0.25, 0.3) is 5.91 Å². The third-order valence-electron chi connectivity index (χ3n) is 7.15. The van der Waals surface area contributed by atoms with Gasteiger partial charge in [-0.3, -0.25) is 9.59 Å². The van der Waals surface area contributed by atoms with Crippen molar-refractivity contribution in [2.75, 3.05) is 13.1 Å². The topological polar surface area (TPSA) is 62.3 Å². The van der Waals surface area contributed by atoms with E-state index in [1.165, 1.54) is 50.4 Å². The second kappa shape index (κ2) is 8.18. The minimum absolute atomic E-state index is 0.0799. The van der Waals surface area contributed by atoms with Crippen LogP contribution < -0.4 is 5.32 Å². The molecule has 1 saturated heterocycles. The highest BCUT2D eigenvalue weighted by atomic mass is 19.1. The summed E-state index contributed by atoms with van der Waals surface area (Å²) in [5.74, 6) is -0.173. The van der Waals surface area contributed by atoms with Gasteiger partial charge in [-0.05, 0) is 50.2 Å². The van der Waals surface area contributed by atoms with Crippen molar-refractivity contribution in [3.8, 4) is 0 Å². The number of aromatic nitrogens is 1. The van der Waals surface area contributed by atoms with Gasteiger partial charge >= 0.3 is 0 Å². The van der Waals surface area contributed by atoms with Crippen LogP contribution in [0, 0.1) is 17.2 Å². The average Bonchev–Trinajstić information content (AvgIpc) is 3.14. The standard InChI is InChI=1S/C22H30FN3O2/c23-17-8-5-13-24-20(17)21(28)25-15-22-11-4-9-18(22)26(19(27)10-12-22)14-16-6-2-1-3-7-16/h5,8,13,16,18H,1-4,6-7,9-12,14-15H2,(H,25,28)/t18-,22+/m1/s1. The lowest BCUT2D eigenvalue weighted by Gasteiger charge is -2.47. The van der Waals surface area contributed by atoms with Crippen molar-refractivity contribution >= 4 is 11.8 Å². The lowest BCUT2D eigenvalue weighted by Crippen LogP contribution is -2.57. The highest BCUT2D eigenvalue weighted by molar-refractivity contribution is 5.92. The number of halogens is 1. The number of piperidine rings is 1. The van der Waals surface area contributed by atoms with Crippen LogP contribution in [0.3, 0.4) is 0 Å². The second-order valence-electron chi connectivity index (χ2n) is 8.84. The van der Waals surface area contributed by atoms with Crippen molar-refractivity contribution < 1.29 is 14.0 Å². The molecule has 28 heavy (non-hydrogen) atoms. The monoisotopic (exact) mass is 387 g/mol. The lowest BCUT2D eigenvalue weighted by molar-refractivity contribution is -0.142. The van der Waals surface area contributed by atoms with Crippen molar-refractivity contribution in [2.24, 2.45) is 11.3 Å². The van der Waals surface area contributed by atoms with E-state index >= 15 is 0 Å². The summed E-state index contributed by atoms with van der Waals surface area (Å²) in [7, 11) is 0. The Morgan fingerprint density at radius 1 is 1.21 bits per heavy atom. The van der Waals surface area contributed by atoms with Crippen LogP contribution in [0.4, 0.5) is 4.39 Å². The van der Waals surface area contributed by atoms with Gasteiger partial charge in [-0.1, -0.05) is 25.7 Å². The van der Waals surface area contributed by atoms with Gasteiger partial charge in [0.2, 0.25) is 5.91 Å². The maximum atomic E-state index is 13.9. The third kappa shape index (κ3) is 3.78. The van der Waals surface area contributed by atoms with Gasteiger partial charge in [0.15, 0.2) is 11.5 Å². The molecule has 6 heteroatoms. The molecule has 0 unspecified atom stereocenters. The Hall–Kier alpha value is -1.98. The van der Waals surface area contributed by atoms with E-state index in [0.717, 1.165) is 32.2 Å². The highest BCUT2D eigenvalue weighted by Crippen LogP contribution is 2.48. The Morgan fingerprint density at radius 2 is 2.04 bits per heavy atom. The molecule has 1 aromatic heterocycles. The van der Waals surface area contributed by atoms with E-state index in [1.54, 1.807) is 0 Å². The molecular formula is C22H30FN3O2. The number of rotatable bonds is 5. The molecule has 0 spiro atoms. The maximum Gasteiger partial charge on any atom is 0.272 e. The molecule has 2 heterocycles. The van der Waals surface area contributed by atoms with Gasteiger partial charge in [-0.15, -0.1) is 0 Å². The summed E-state index contributed by atoms with van der Waals surface area (Å²) in [6.07, 6.45) is 12.2. The van der Waals surface area contributed by atoms with E-state index in [-0.39, 0.29) is 23.1 Å². The fourth-order valence-electron chi connectivity index (χ4n) is 5.64. The van der Waals surface area contributed by atoms with Crippen LogP contribution in [-0.2, 0) is 4.79 Å². The zero-order chi connectivity index (χ0) is 19.6. The summed E-state index contributed by atoms with van der Waals surface area (Å²) in [6.45, 7) is 1.36. The predicted molar refractivity (Wildman–Crippen MR) is 104 cm³/mol. The van der Waals surface area contributed by atoms with E-state index in [1.807, 2.05) is 0 Å². The SMILES string of the molecule is O=C(NC[C@@]12CCC[C@H]1N(CC1CCCCC1)C(=O)CC2)c1ncccc1F. The largest absolute Gasteiger partial charge is 0.350 e. The summed E-state index contributed by atoms with van der Waals surface area (Å²) in [5.41, 5.74) is -0.233. The molecule has 0 radical (unpaired) electrons. The Morgan fingerprint density at radius 3 is 2.82 bits per heavy atom. The normalized spacial score (nSPS) is 28.2. The molecule has 4 rings (SSSR count). The summed E-state index contributed by atoms with van der Waals surface area (Å²) in [4.78, 5) is 31.2. The molecule has 3 aliphatic rings. The number of nitrogens with zero attached hydrogens (tertiary/aromatic N) is 2. The van der Waals surface area contributed by atoms with Gasteiger partial charge in [0, 0.05) is 37.2 Å². The summed E-state index contributed by atoms with van der Waals surface area (Å²) in [5, 5.41) is 2.93. The Labute approximate surface area is 166 Å². The van der Waals surface area contributed by atoms with Crippen molar-refractivity contribution in [3.63, 3.8) is 0 Å². The number of pyridine rings is 1. The number of hydrogen-bond donors (Lipinski definition) is 1. The smallest absolute Gasteiger partial charge is 0.272 e. The summed E-state index contributed by atoms with van der Waals surface area (Å²) >= 11 is 0. The summed E-state index contributed by atoms with van der Waals surface area (Å²) < 4.78 is 13.9. The van der Waals surface area contributed by atoms with Gasteiger partial charge in [0.05, 0.1) is 0 Å². The first kappa shape index (κ1) is 19.3. The number of carbonyl (C=O) groups is 2. The van der Waals surface area contributed by atoms with Gasteiger partial charge in [-0.25, -0.2) is 9.37 Å². The fourth-order valence-corrected chi connectivity index (χ4v) is 5.64. The van der Waals surface area contributed by atoms with Crippen molar-refractivity contribution in [2.45, 2.75) is 70.3 Å². The number of hydrogen-bond acceptors (Lipinski definition) is 3. The van der Waals surface area contributed by atoms with Gasteiger partial charge in [0.1, 0.15) is 0 Å². The Kier molecular flexibility index (Phi) is 5.65. The van der Waals surface area contributed by atoms with Crippen LogP contribution >= 0.6 is 0 Å². The molecule has 1 aliphatic heterocycles. The molecule has 2 atom stereocenters. The van der Waals surface area contributed by atoms with Gasteiger partial charge < -0.3 is 10.2 Å². The van der Waals surface area contributed by atoms with E-state index in [0.29, 0.717) is 18.9 Å². The van der Waals surface area contributed by atoms with Crippen LogP contribution in [0.1, 0.15) is 74.7 Å². The first-order valence-corrected chi connectivity index (χ1v) is 10.8. The molecule has 1 aromatic rings. The minimum Gasteiger partial charge on any atom is -0.350 e. The third-order valence-corrected chi connectivity index (χ3v) is 7.15. The van der Waals surface area contributed by atoms with E-state index in [9.17, 15) is 14.0 Å². The Balaban J connectivity index is 1.45. The van der Waals surface area contributed by atoms with Crippen LogP contribution in [0.5, 0.6) is 0 Å². The number of fused-ring (bicyclic) bond motifs is 1. The summed E-state index contributed by atoms with van der Waals surface area (Å²) in [6, 6.07) is 2.93. The number of amides is 2. The van der Waals surface area contributed by atoms with E-state index in [2.05, 4.69) is 15.2 Å². The molecule has 3 fully saturated rings. The molecule has 1 N–H and O–H groups in total. The lowest BCUT2D eigenvalue weighted by atomic mass is 9.74. The molecule has 2 saturated carbocycles. The van der Waals surface area contributed by atoms with E-state index < -0.39 is 11.7 Å². The first-order valence-electron chi connectivity index (χ1n) is 10.8. The molecule has 0 aromatic carbocycles. The highest BCUT2D eigenvalue weighted by Gasteiger charge is 2.50. The molecular weight excluding hydrogens is 357 g/mol. The Bertz CT molecular complexity index is 734. The molecule has 0 bridgehead atoms. The quantitative estimate of drug-likeness (QED) is 0.838. The molecule has 2 aliphatic carbocycles. The number of carbonyl (C=O) groups excluding carboxylic acids is 2. The molecule has 152 valence electrons. The van der Waals surface area contributed by atoms with Crippen molar-refractivity contribution in [1.29, 1.82) is 0 Å². The van der Waals surface area contributed by atoms with Crippen molar-refractivity contribution in [3.05, 3.63) is 29.8 Å². The van der Waals surface area contributed by atoms with Gasteiger partial charge in [-0.2, -0.15) is 0 Å². The van der Waals surface area contributed by atoms with Crippen LogP contribution in [-0.4, -0.2) is 40.8 Å². The molecule has 5 nitrogen and oxygen atoms in total. The van der Waals surface area contributed by atoms with Crippen molar-refractivity contribution in [1.82, 2.24) is 15.2 Å². The van der Waals surface area contributed by atoms with E-state index in [4.69, 9.17) is 0 Å². The minimum atomic E-state index is -0.599. The first-order chi connectivity index (χ1) is 13.6. The number of nitrogens with one attached hydrogen (secondary N) is 1. The maximum absolute atomic E-state index is 13.9. The molecule has 2 amide bonds. The van der Waals surface area contributed by atoms with Crippen LogP contribution in [0.15, 0.2) is 18.3 Å². The fraction of sp³-hybridized carbons (Fsp3) is 0.682. The predicted octanol–water partition coefficient (Wildman–Crippen LogP) is 3.69. The van der Waals surface area contributed by atoms with Crippen LogP contribution in [0.25, 0.3) is 0 Å². The second-order valence-corrected chi connectivity index (χ2v) is 8.84. The zero-order valence-corrected chi connectivity index (χ0v) is 16.5. The zero-order valence-electron chi connectivity index (χ0n) is 16.5. The number of likely N-dealkylation sites (tertiary alicyclic amines) is 1.